The molecule has 3 aromatic rings. The molecule has 5 heterocycles. The number of aromatic nitrogens is 2. The summed E-state index contributed by atoms with van der Waals surface area (Å²) < 4.78 is 69.6. The van der Waals surface area contributed by atoms with Crippen LogP contribution in [0.25, 0.3) is 22.3 Å². The van der Waals surface area contributed by atoms with E-state index in [4.69, 9.17) is 19.4 Å². The number of halogens is 2. The van der Waals surface area contributed by atoms with Crippen molar-refractivity contribution in [3.8, 4) is 22.9 Å². The SMILES string of the molecule is COc1ccc2c(O[C@@H]3C[C@H]4C(=O)N[C@]5(C(=O)NS(=O)(=O)C6CC6)C[C@H]5C=CCCCCC[C@H](CC(=O)N5CCCC(F)(F)C5)C(=O)N4C3)cc(-c3csc(C(C)C)n3)nc2c1C. The lowest BCUT2D eigenvalue weighted by Crippen LogP contribution is -2.57. The van der Waals surface area contributed by atoms with Crippen molar-refractivity contribution >= 4 is 55.9 Å². The number of pyridine rings is 1. The van der Waals surface area contributed by atoms with Crippen LogP contribution in [-0.4, -0.2) is 107 Å². The highest BCUT2D eigenvalue weighted by atomic mass is 32.2. The molecule has 5 aliphatic rings. The standard InChI is InChI=1S/C45H56F2N6O8S2/c1-26(2)41-49-34(24-62-41)33-21-37(32-15-16-36(60-4)27(3)39(32)48-33)61-30-20-35-40(55)50-45(43(57)51-63(58,59)31-13-14-31)22-29(45)12-9-7-5-6-8-11-28(42(56)53(35)23-30)19-38(54)52-18-10-17-44(46,47)25-52/h9,12,15-16,21,24,26,28-31,35H,5-8,10-11,13-14,17-20,22-23,25H2,1-4H3,(H,50,55)(H,51,57)/t28-,29-,30-,35+,45-/m1/s1. The van der Waals surface area contributed by atoms with E-state index in [0.717, 1.165) is 21.9 Å². The van der Waals surface area contributed by atoms with E-state index in [2.05, 4.69) is 23.9 Å². The summed E-state index contributed by atoms with van der Waals surface area (Å²) in [5.41, 5.74) is 1.04. The monoisotopic (exact) mass is 910 g/mol. The molecule has 2 aliphatic carbocycles. The Balaban J connectivity index is 1.14. The Morgan fingerprint density at radius 1 is 1.06 bits per heavy atom. The number of alkyl halides is 2. The van der Waals surface area contributed by atoms with E-state index >= 15 is 0 Å². The number of ether oxygens (including phenoxy) is 2. The predicted molar refractivity (Wildman–Crippen MR) is 233 cm³/mol. The van der Waals surface area contributed by atoms with Gasteiger partial charge < -0.3 is 24.6 Å². The average Bonchev–Trinajstić information content (AvgIpc) is 4.11. The van der Waals surface area contributed by atoms with Crippen LogP contribution in [0.15, 0.2) is 35.7 Å². The Hall–Kier alpha value is -4.71. The normalized spacial score (nSPS) is 26.7. The van der Waals surface area contributed by atoms with Gasteiger partial charge in [-0.15, -0.1) is 11.3 Å². The van der Waals surface area contributed by atoms with E-state index in [1.54, 1.807) is 13.2 Å². The maximum absolute atomic E-state index is 14.9. The van der Waals surface area contributed by atoms with Crippen molar-refractivity contribution in [1.29, 1.82) is 0 Å². The van der Waals surface area contributed by atoms with Gasteiger partial charge in [-0.2, -0.15) is 0 Å². The number of piperidine rings is 1. The molecule has 18 heteroatoms. The number of rotatable bonds is 10. The van der Waals surface area contributed by atoms with E-state index in [1.165, 1.54) is 16.2 Å². The van der Waals surface area contributed by atoms with Crippen LogP contribution in [-0.2, 0) is 29.2 Å². The molecular formula is C45H56F2N6O8S2. The number of amides is 4. The minimum absolute atomic E-state index is 0.00233. The van der Waals surface area contributed by atoms with Gasteiger partial charge in [-0.25, -0.2) is 27.2 Å². The number of methoxy groups -OCH3 is 1. The van der Waals surface area contributed by atoms with Crippen molar-refractivity contribution < 1.29 is 45.9 Å². The van der Waals surface area contributed by atoms with Crippen molar-refractivity contribution in [2.24, 2.45) is 11.8 Å². The second-order valence-electron chi connectivity index (χ2n) is 18.2. The van der Waals surface area contributed by atoms with E-state index in [9.17, 15) is 36.4 Å². The van der Waals surface area contributed by atoms with Gasteiger partial charge in [-0.1, -0.05) is 38.8 Å². The van der Waals surface area contributed by atoms with Crippen LogP contribution in [0.3, 0.4) is 0 Å². The molecule has 340 valence electrons. The number of nitrogens with one attached hydrogen (secondary N) is 2. The smallest absolute Gasteiger partial charge is 0.265 e. The number of thiazole rings is 1. The molecule has 2 aromatic heterocycles. The van der Waals surface area contributed by atoms with Crippen LogP contribution >= 0.6 is 11.3 Å². The first-order valence-corrected chi connectivity index (χ1v) is 24.5. The average molecular weight is 911 g/mol. The number of likely N-dealkylation sites (tertiary alicyclic amines) is 1. The topological polar surface area (TPSA) is 177 Å². The molecule has 0 bridgehead atoms. The number of allylic oxidation sites excluding steroid dienone is 1. The lowest BCUT2D eigenvalue weighted by molar-refractivity contribution is -0.148. The van der Waals surface area contributed by atoms with Gasteiger partial charge in [-0.05, 0) is 64.0 Å². The van der Waals surface area contributed by atoms with Gasteiger partial charge >= 0.3 is 0 Å². The van der Waals surface area contributed by atoms with Crippen molar-refractivity contribution in [3.63, 3.8) is 0 Å². The first kappa shape index (κ1) is 44.9. The van der Waals surface area contributed by atoms with Crippen LogP contribution in [0.4, 0.5) is 8.78 Å². The molecule has 63 heavy (non-hydrogen) atoms. The molecule has 0 radical (unpaired) electrons. The third-order valence-corrected chi connectivity index (χ3v) is 16.0. The number of sulfonamides is 1. The molecule has 2 saturated carbocycles. The number of nitrogens with zero attached hydrogens (tertiary/aromatic N) is 4. The zero-order valence-electron chi connectivity index (χ0n) is 36.2. The Bertz CT molecular complexity index is 2420. The zero-order chi connectivity index (χ0) is 44.8. The summed E-state index contributed by atoms with van der Waals surface area (Å²) in [5.74, 6) is -5.67. The number of carbonyl (C=O) groups excluding carboxylic acids is 4. The number of benzene rings is 1. The van der Waals surface area contributed by atoms with Gasteiger partial charge in [0.05, 0.1) is 47.4 Å². The summed E-state index contributed by atoms with van der Waals surface area (Å²) in [4.78, 5) is 69.6. The van der Waals surface area contributed by atoms with Crippen LogP contribution in [0.1, 0.15) is 107 Å². The summed E-state index contributed by atoms with van der Waals surface area (Å²) in [7, 11) is -2.37. The highest BCUT2D eigenvalue weighted by Gasteiger charge is 2.62. The fourth-order valence-electron chi connectivity index (χ4n) is 9.18. The third-order valence-electron chi connectivity index (χ3n) is 13.1. The summed E-state index contributed by atoms with van der Waals surface area (Å²) in [5, 5.41) is 5.77. The van der Waals surface area contributed by atoms with Crippen molar-refractivity contribution in [1.82, 2.24) is 29.8 Å². The van der Waals surface area contributed by atoms with E-state index < -0.39 is 80.9 Å². The molecule has 4 amide bonds. The minimum Gasteiger partial charge on any atom is -0.496 e. The maximum atomic E-state index is 14.9. The van der Waals surface area contributed by atoms with Crippen LogP contribution in [0, 0.1) is 18.8 Å². The molecule has 0 spiro atoms. The molecule has 8 rings (SSSR count). The highest BCUT2D eigenvalue weighted by molar-refractivity contribution is 7.91. The molecule has 0 unspecified atom stereocenters. The van der Waals surface area contributed by atoms with Crippen LogP contribution < -0.4 is 19.5 Å². The van der Waals surface area contributed by atoms with Gasteiger partial charge in [0.15, 0.2) is 0 Å². The number of hydrogen-bond donors (Lipinski definition) is 2. The molecule has 5 atom stereocenters. The van der Waals surface area contributed by atoms with E-state index in [1.807, 2.05) is 36.6 Å². The summed E-state index contributed by atoms with van der Waals surface area (Å²) in [6, 6.07) is 4.27. The first-order chi connectivity index (χ1) is 30.0. The molecule has 2 N–H and O–H groups in total. The predicted octanol–water partition coefficient (Wildman–Crippen LogP) is 6.41. The fourth-order valence-corrected chi connectivity index (χ4v) is 11.4. The van der Waals surface area contributed by atoms with Crippen LogP contribution in [0.2, 0.25) is 0 Å². The summed E-state index contributed by atoms with van der Waals surface area (Å²) >= 11 is 1.53. The molecule has 3 aliphatic heterocycles. The number of hydrogen-bond acceptors (Lipinski definition) is 11. The van der Waals surface area contributed by atoms with E-state index in [-0.39, 0.29) is 51.1 Å². The lowest BCUT2D eigenvalue weighted by Gasteiger charge is -2.34. The second-order valence-corrected chi connectivity index (χ2v) is 21.0. The lowest BCUT2D eigenvalue weighted by atomic mass is 9.94. The largest absolute Gasteiger partial charge is 0.496 e. The van der Waals surface area contributed by atoms with Gasteiger partial charge in [-0.3, -0.25) is 23.9 Å². The Kier molecular flexibility index (Phi) is 12.6. The van der Waals surface area contributed by atoms with E-state index in [0.29, 0.717) is 72.3 Å². The first-order valence-electron chi connectivity index (χ1n) is 22.1. The minimum atomic E-state index is -3.95. The summed E-state index contributed by atoms with van der Waals surface area (Å²) in [6.45, 7) is 5.41. The maximum Gasteiger partial charge on any atom is 0.265 e. The zero-order valence-corrected chi connectivity index (χ0v) is 37.8. The Morgan fingerprint density at radius 3 is 2.57 bits per heavy atom. The number of fused-ring (bicyclic) bond motifs is 3. The second kappa shape index (κ2) is 17.7. The molecule has 1 aromatic carbocycles. The molecule has 4 fully saturated rings. The third kappa shape index (κ3) is 9.57. The quantitative estimate of drug-likeness (QED) is 0.216. The van der Waals surface area contributed by atoms with Crippen molar-refractivity contribution in [2.45, 2.75) is 133 Å². The van der Waals surface area contributed by atoms with Gasteiger partial charge in [0.2, 0.25) is 27.7 Å². The highest BCUT2D eigenvalue weighted by Crippen LogP contribution is 2.46. The molecule has 14 nitrogen and oxygen atoms in total. The Labute approximate surface area is 370 Å². The van der Waals surface area contributed by atoms with Crippen molar-refractivity contribution in [3.05, 3.63) is 46.3 Å². The fraction of sp³-hybridized carbons (Fsp3) is 0.600. The van der Waals surface area contributed by atoms with Gasteiger partial charge in [0.25, 0.3) is 11.8 Å². The number of aryl methyl sites for hydroxylation is 1. The summed E-state index contributed by atoms with van der Waals surface area (Å²) in [6.07, 6.45) is 6.59. The van der Waals surface area contributed by atoms with Gasteiger partial charge in [0.1, 0.15) is 29.2 Å². The van der Waals surface area contributed by atoms with Crippen LogP contribution in [0.5, 0.6) is 11.5 Å². The van der Waals surface area contributed by atoms with Crippen molar-refractivity contribution in [2.75, 3.05) is 26.7 Å². The molecular weight excluding hydrogens is 855 g/mol. The Morgan fingerprint density at radius 2 is 1.86 bits per heavy atom. The van der Waals surface area contributed by atoms with Gasteiger partial charge in [0, 0.05) is 66.0 Å². The molecule has 2 saturated heterocycles. The number of carbonyl (C=O) groups is 4.